The number of aromatic amines is 1. The number of fused-ring (bicyclic) bond motifs is 3. The number of rotatable bonds is 1. The molecule has 2 nitrogen and oxygen atoms in total. The lowest BCUT2D eigenvalue weighted by molar-refractivity contribution is 1.34. The summed E-state index contributed by atoms with van der Waals surface area (Å²) in [5.74, 6) is 0. The van der Waals surface area contributed by atoms with Crippen LogP contribution in [0.1, 0.15) is 0 Å². The van der Waals surface area contributed by atoms with Gasteiger partial charge in [0, 0.05) is 5.56 Å². The van der Waals surface area contributed by atoms with E-state index >= 15 is 0 Å². The lowest BCUT2D eigenvalue weighted by atomic mass is 9.95. The molecule has 0 radical (unpaired) electrons. The van der Waals surface area contributed by atoms with Crippen LogP contribution in [-0.4, -0.2) is 9.97 Å². The predicted molar refractivity (Wildman–Crippen MR) is 96.5 cm³/mol. The Morgan fingerprint density at radius 2 is 1.39 bits per heavy atom. The van der Waals surface area contributed by atoms with E-state index in [4.69, 9.17) is 0 Å². The molecule has 2 heteroatoms. The highest BCUT2D eigenvalue weighted by molar-refractivity contribution is 6.08. The highest BCUT2D eigenvalue weighted by Gasteiger charge is 2.09. The predicted octanol–water partition coefficient (Wildman–Crippen LogP) is 5.54. The second-order valence-corrected chi connectivity index (χ2v) is 5.83. The summed E-state index contributed by atoms with van der Waals surface area (Å²) < 4.78 is 0. The van der Waals surface area contributed by atoms with E-state index in [0.29, 0.717) is 0 Å². The van der Waals surface area contributed by atoms with Gasteiger partial charge in [0.25, 0.3) is 0 Å². The molecule has 5 aromatic rings. The molecule has 0 saturated carbocycles. The number of nitrogens with zero attached hydrogens (tertiary/aromatic N) is 1. The molecule has 1 heterocycles. The van der Waals surface area contributed by atoms with E-state index in [-0.39, 0.29) is 0 Å². The maximum Gasteiger partial charge on any atom is 0.0961 e. The van der Waals surface area contributed by atoms with Crippen molar-refractivity contribution in [1.82, 2.24) is 9.97 Å². The fourth-order valence-corrected chi connectivity index (χ4v) is 3.38. The van der Waals surface area contributed by atoms with Crippen LogP contribution in [0.5, 0.6) is 0 Å². The summed E-state index contributed by atoms with van der Waals surface area (Å²) in [4.78, 5) is 7.70. The average Bonchev–Trinajstić information content (AvgIpc) is 3.08. The average molecular weight is 294 g/mol. The Morgan fingerprint density at radius 1 is 0.652 bits per heavy atom. The molecule has 0 saturated heterocycles. The zero-order valence-corrected chi connectivity index (χ0v) is 12.5. The number of benzene rings is 4. The van der Waals surface area contributed by atoms with Crippen molar-refractivity contribution in [3.63, 3.8) is 0 Å². The second-order valence-electron chi connectivity index (χ2n) is 5.83. The Morgan fingerprint density at radius 3 is 2.30 bits per heavy atom. The molecule has 23 heavy (non-hydrogen) atoms. The molecule has 1 aromatic heterocycles. The molecule has 0 aliphatic carbocycles. The van der Waals surface area contributed by atoms with Crippen LogP contribution >= 0.6 is 0 Å². The van der Waals surface area contributed by atoms with Crippen molar-refractivity contribution in [3.8, 4) is 11.1 Å². The Bertz CT molecular complexity index is 1170. The minimum absolute atomic E-state index is 1.02. The summed E-state index contributed by atoms with van der Waals surface area (Å²) in [5, 5.41) is 5.06. The summed E-state index contributed by atoms with van der Waals surface area (Å²) in [7, 11) is 0. The molecule has 0 bridgehead atoms. The van der Waals surface area contributed by atoms with Gasteiger partial charge in [-0.2, -0.15) is 0 Å². The number of hydrogen-bond acceptors (Lipinski definition) is 1. The highest BCUT2D eigenvalue weighted by atomic mass is 14.9. The summed E-state index contributed by atoms with van der Waals surface area (Å²) in [6.07, 6.45) is 1.76. The number of hydrogen-bond donors (Lipinski definition) is 1. The molecule has 0 atom stereocenters. The van der Waals surface area contributed by atoms with E-state index in [2.05, 4.69) is 82.8 Å². The summed E-state index contributed by atoms with van der Waals surface area (Å²) in [5.41, 5.74) is 4.49. The lowest BCUT2D eigenvalue weighted by Crippen LogP contribution is -1.84. The van der Waals surface area contributed by atoms with Gasteiger partial charge in [-0.05, 0) is 45.3 Å². The molecule has 5 rings (SSSR count). The zero-order chi connectivity index (χ0) is 15.2. The SMILES string of the molecule is c1ccc2cc3c(-c4cccc5[nH]cnc45)cccc3cc2c1. The number of para-hydroxylation sites is 1. The maximum absolute atomic E-state index is 4.51. The standard InChI is InChI=1S/C21H14N2/c1-2-6-15-12-19-16(11-14(15)5-1)7-3-8-17(19)18-9-4-10-20-21(18)23-13-22-20/h1-13H,(H,22,23). The summed E-state index contributed by atoms with van der Waals surface area (Å²) >= 11 is 0. The quantitative estimate of drug-likeness (QED) is 0.404. The Balaban J connectivity index is 1.91. The van der Waals surface area contributed by atoms with Gasteiger partial charge >= 0.3 is 0 Å². The Hall–Kier alpha value is -3.13. The summed E-state index contributed by atoms with van der Waals surface area (Å²) in [6, 6.07) is 25.8. The fraction of sp³-hybridized carbons (Fsp3) is 0. The van der Waals surface area contributed by atoms with Gasteiger partial charge in [0.05, 0.1) is 17.4 Å². The first kappa shape index (κ1) is 12.4. The van der Waals surface area contributed by atoms with Gasteiger partial charge < -0.3 is 4.98 Å². The van der Waals surface area contributed by atoms with E-state index in [9.17, 15) is 0 Å². The van der Waals surface area contributed by atoms with Gasteiger partial charge in [-0.15, -0.1) is 0 Å². The highest BCUT2D eigenvalue weighted by Crippen LogP contribution is 2.34. The maximum atomic E-state index is 4.51. The molecule has 0 aliphatic heterocycles. The molecular formula is C21H14N2. The van der Waals surface area contributed by atoms with Crippen LogP contribution in [0.3, 0.4) is 0 Å². The Labute approximate surface area is 133 Å². The Kier molecular flexibility index (Phi) is 2.53. The van der Waals surface area contributed by atoms with E-state index in [1.807, 2.05) is 0 Å². The van der Waals surface area contributed by atoms with Crippen molar-refractivity contribution in [1.29, 1.82) is 0 Å². The van der Waals surface area contributed by atoms with Crippen molar-refractivity contribution in [3.05, 3.63) is 79.1 Å². The van der Waals surface area contributed by atoms with Crippen LogP contribution < -0.4 is 0 Å². The van der Waals surface area contributed by atoms with Crippen molar-refractivity contribution >= 4 is 32.6 Å². The van der Waals surface area contributed by atoms with Crippen LogP contribution in [-0.2, 0) is 0 Å². The normalized spacial score (nSPS) is 11.5. The molecule has 0 aliphatic rings. The van der Waals surface area contributed by atoms with Gasteiger partial charge in [-0.25, -0.2) is 4.98 Å². The van der Waals surface area contributed by atoms with Crippen molar-refractivity contribution < 1.29 is 0 Å². The first-order valence-electron chi connectivity index (χ1n) is 7.74. The van der Waals surface area contributed by atoms with Gasteiger partial charge in [0.15, 0.2) is 0 Å². The topological polar surface area (TPSA) is 28.7 Å². The third kappa shape index (κ3) is 1.85. The van der Waals surface area contributed by atoms with Crippen LogP contribution in [0, 0.1) is 0 Å². The number of imidazole rings is 1. The molecule has 0 unspecified atom stereocenters. The van der Waals surface area contributed by atoms with Gasteiger partial charge in [-0.3, -0.25) is 0 Å². The number of nitrogens with one attached hydrogen (secondary N) is 1. The zero-order valence-electron chi connectivity index (χ0n) is 12.5. The molecule has 1 N–H and O–H groups in total. The fourth-order valence-electron chi connectivity index (χ4n) is 3.38. The van der Waals surface area contributed by atoms with Crippen LogP contribution in [0.2, 0.25) is 0 Å². The van der Waals surface area contributed by atoms with Crippen LogP contribution in [0.15, 0.2) is 79.1 Å². The largest absolute Gasteiger partial charge is 0.345 e. The molecular weight excluding hydrogens is 280 g/mol. The molecule has 0 spiro atoms. The minimum Gasteiger partial charge on any atom is -0.345 e. The van der Waals surface area contributed by atoms with Crippen molar-refractivity contribution in [2.24, 2.45) is 0 Å². The monoisotopic (exact) mass is 294 g/mol. The smallest absolute Gasteiger partial charge is 0.0961 e. The second kappa shape index (κ2) is 4.68. The lowest BCUT2D eigenvalue weighted by Gasteiger charge is -2.09. The van der Waals surface area contributed by atoms with Crippen molar-refractivity contribution in [2.75, 3.05) is 0 Å². The molecule has 108 valence electrons. The van der Waals surface area contributed by atoms with Gasteiger partial charge in [-0.1, -0.05) is 54.6 Å². The van der Waals surface area contributed by atoms with Crippen molar-refractivity contribution in [2.45, 2.75) is 0 Å². The van der Waals surface area contributed by atoms with Crippen LogP contribution in [0.25, 0.3) is 43.7 Å². The molecule has 4 aromatic carbocycles. The third-order valence-corrected chi connectivity index (χ3v) is 4.49. The van der Waals surface area contributed by atoms with Gasteiger partial charge in [0.2, 0.25) is 0 Å². The van der Waals surface area contributed by atoms with Gasteiger partial charge in [0.1, 0.15) is 0 Å². The minimum atomic E-state index is 1.02. The van der Waals surface area contributed by atoms with E-state index in [1.165, 1.54) is 32.7 Å². The molecule has 0 amide bonds. The number of H-pyrrole nitrogens is 1. The summed E-state index contributed by atoms with van der Waals surface area (Å²) in [6.45, 7) is 0. The molecule has 0 fully saturated rings. The van der Waals surface area contributed by atoms with E-state index < -0.39 is 0 Å². The number of aromatic nitrogens is 2. The van der Waals surface area contributed by atoms with E-state index in [1.54, 1.807) is 6.33 Å². The van der Waals surface area contributed by atoms with Crippen LogP contribution in [0.4, 0.5) is 0 Å². The van der Waals surface area contributed by atoms with E-state index in [0.717, 1.165) is 11.0 Å². The first-order chi connectivity index (χ1) is 11.4. The first-order valence-corrected chi connectivity index (χ1v) is 7.74. The third-order valence-electron chi connectivity index (χ3n) is 4.49.